The van der Waals surface area contributed by atoms with Crippen molar-refractivity contribution in [2.24, 2.45) is 0 Å². The largest absolute Gasteiger partial charge is 0.338 e. The van der Waals surface area contributed by atoms with Crippen molar-refractivity contribution in [3.63, 3.8) is 0 Å². The van der Waals surface area contributed by atoms with Crippen LogP contribution in [0, 0.1) is 6.92 Å². The molecule has 2 heterocycles. The highest BCUT2D eigenvalue weighted by atomic mass is 15.3. The van der Waals surface area contributed by atoms with Crippen molar-refractivity contribution in [1.29, 1.82) is 0 Å². The number of aromatic nitrogens is 2. The molecule has 4 nitrogen and oxygen atoms in total. The maximum atomic E-state index is 4.65. The van der Waals surface area contributed by atoms with E-state index in [1.165, 1.54) is 19.3 Å². The van der Waals surface area contributed by atoms with Gasteiger partial charge in [0.1, 0.15) is 0 Å². The third-order valence-corrected chi connectivity index (χ3v) is 3.31. The molecule has 0 spiro atoms. The highest BCUT2D eigenvalue weighted by molar-refractivity contribution is 5.34. The van der Waals surface area contributed by atoms with E-state index in [0.29, 0.717) is 6.04 Å². The molecule has 0 aromatic carbocycles. The third-order valence-electron chi connectivity index (χ3n) is 3.31. The Morgan fingerprint density at radius 3 is 2.94 bits per heavy atom. The second-order valence-corrected chi connectivity index (χ2v) is 4.87. The van der Waals surface area contributed by atoms with E-state index in [2.05, 4.69) is 33.2 Å². The lowest BCUT2D eigenvalue weighted by Crippen LogP contribution is -2.38. The molecule has 1 aliphatic rings. The van der Waals surface area contributed by atoms with E-state index in [4.69, 9.17) is 0 Å². The van der Waals surface area contributed by atoms with Gasteiger partial charge in [-0.05, 0) is 46.2 Å². The number of rotatable bonds is 3. The third kappa shape index (κ3) is 2.94. The second-order valence-electron chi connectivity index (χ2n) is 4.87. The van der Waals surface area contributed by atoms with Gasteiger partial charge >= 0.3 is 0 Å². The van der Waals surface area contributed by atoms with Crippen molar-refractivity contribution in [3.8, 4) is 0 Å². The van der Waals surface area contributed by atoms with Crippen LogP contribution >= 0.6 is 0 Å². The molecular formula is C13H22N4. The summed E-state index contributed by atoms with van der Waals surface area (Å²) in [6.07, 6.45) is 3.83. The summed E-state index contributed by atoms with van der Waals surface area (Å²) in [6, 6.07) is 2.61. The minimum absolute atomic E-state index is 0.563. The lowest BCUT2D eigenvalue weighted by atomic mass is 10.0. The molecule has 0 radical (unpaired) electrons. The van der Waals surface area contributed by atoms with Crippen molar-refractivity contribution in [1.82, 2.24) is 15.3 Å². The van der Waals surface area contributed by atoms with Gasteiger partial charge in [-0.15, -0.1) is 0 Å². The first kappa shape index (κ1) is 12.3. The summed E-state index contributed by atoms with van der Waals surface area (Å²) in [5.41, 5.74) is 2.13. The Kier molecular flexibility index (Phi) is 3.94. The first-order valence-corrected chi connectivity index (χ1v) is 6.46. The Labute approximate surface area is 103 Å². The van der Waals surface area contributed by atoms with Gasteiger partial charge in [-0.25, -0.2) is 9.97 Å². The van der Waals surface area contributed by atoms with Gasteiger partial charge in [0.25, 0.3) is 0 Å². The molecule has 1 aromatic rings. The SMILES string of the molecule is CNCc1cc(C)nc(N2CCCCC2C)n1. The van der Waals surface area contributed by atoms with Crippen LogP contribution in [-0.2, 0) is 6.54 Å². The van der Waals surface area contributed by atoms with Crippen molar-refractivity contribution >= 4 is 5.95 Å². The Hall–Kier alpha value is -1.16. The summed E-state index contributed by atoms with van der Waals surface area (Å²) in [7, 11) is 1.95. The topological polar surface area (TPSA) is 41.1 Å². The maximum absolute atomic E-state index is 4.65. The average Bonchev–Trinajstić information content (AvgIpc) is 2.29. The van der Waals surface area contributed by atoms with Gasteiger partial charge in [-0.3, -0.25) is 0 Å². The molecule has 0 bridgehead atoms. The number of aryl methyl sites for hydroxylation is 1. The van der Waals surface area contributed by atoms with Crippen LogP contribution in [-0.4, -0.2) is 29.6 Å². The molecule has 0 saturated carbocycles. The Morgan fingerprint density at radius 2 is 2.24 bits per heavy atom. The number of nitrogens with zero attached hydrogens (tertiary/aromatic N) is 3. The van der Waals surface area contributed by atoms with E-state index in [9.17, 15) is 0 Å². The van der Waals surface area contributed by atoms with Gasteiger partial charge in [-0.1, -0.05) is 0 Å². The van der Waals surface area contributed by atoms with Gasteiger partial charge in [-0.2, -0.15) is 0 Å². The van der Waals surface area contributed by atoms with Crippen LogP contribution in [0.3, 0.4) is 0 Å². The number of nitrogens with one attached hydrogen (secondary N) is 1. The van der Waals surface area contributed by atoms with Crippen LogP contribution in [0.4, 0.5) is 5.95 Å². The maximum Gasteiger partial charge on any atom is 0.226 e. The van der Waals surface area contributed by atoms with Gasteiger partial charge < -0.3 is 10.2 Å². The predicted molar refractivity (Wildman–Crippen MR) is 70.2 cm³/mol. The zero-order valence-electron chi connectivity index (χ0n) is 11.0. The fraction of sp³-hybridized carbons (Fsp3) is 0.692. The zero-order valence-corrected chi connectivity index (χ0v) is 11.0. The summed E-state index contributed by atoms with van der Waals surface area (Å²) in [5.74, 6) is 0.905. The molecule has 1 aliphatic heterocycles. The molecule has 2 rings (SSSR count). The lowest BCUT2D eigenvalue weighted by molar-refractivity contribution is 0.476. The smallest absolute Gasteiger partial charge is 0.226 e. The molecule has 1 fully saturated rings. The molecular weight excluding hydrogens is 212 g/mol. The molecule has 1 unspecified atom stereocenters. The summed E-state index contributed by atoms with van der Waals surface area (Å²) < 4.78 is 0. The summed E-state index contributed by atoms with van der Waals surface area (Å²) in [4.78, 5) is 11.6. The average molecular weight is 234 g/mol. The van der Waals surface area contributed by atoms with Crippen molar-refractivity contribution < 1.29 is 0 Å². The van der Waals surface area contributed by atoms with E-state index in [0.717, 1.165) is 30.4 Å². The number of piperidine rings is 1. The van der Waals surface area contributed by atoms with E-state index < -0.39 is 0 Å². The first-order chi connectivity index (χ1) is 8.20. The van der Waals surface area contributed by atoms with E-state index in [-0.39, 0.29) is 0 Å². The van der Waals surface area contributed by atoms with Crippen LogP contribution in [0.1, 0.15) is 37.6 Å². The molecule has 0 amide bonds. The van der Waals surface area contributed by atoms with Crippen molar-refractivity contribution in [2.75, 3.05) is 18.5 Å². The van der Waals surface area contributed by atoms with Crippen LogP contribution in [0.15, 0.2) is 6.07 Å². The van der Waals surface area contributed by atoms with E-state index in [1.54, 1.807) is 0 Å². The minimum Gasteiger partial charge on any atom is -0.338 e. The van der Waals surface area contributed by atoms with Gasteiger partial charge in [0.15, 0.2) is 0 Å². The molecule has 94 valence electrons. The van der Waals surface area contributed by atoms with Crippen molar-refractivity contribution in [2.45, 2.75) is 45.7 Å². The molecule has 1 atom stereocenters. The molecule has 4 heteroatoms. The molecule has 17 heavy (non-hydrogen) atoms. The molecule has 1 aromatic heterocycles. The predicted octanol–water partition coefficient (Wildman–Crippen LogP) is 1.88. The number of hydrogen-bond acceptors (Lipinski definition) is 4. The lowest BCUT2D eigenvalue weighted by Gasteiger charge is -2.33. The summed E-state index contributed by atoms with van der Waals surface area (Å²) >= 11 is 0. The summed E-state index contributed by atoms with van der Waals surface area (Å²) in [6.45, 7) is 6.20. The Morgan fingerprint density at radius 1 is 1.41 bits per heavy atom. The summed E-state index contributed by atoms with van der Waals surface area (Å²) in [5, 5.41) is 3.14. The molecule has 1 N–H and O–H groups in total. The fourth-order valence-corrected chi connectivity index (χ4v) is 2.41. The fourth-order valence-electron chi connectivity index (χ4n) is 2.41. The van der Waals surface area contributed by atoms with Gasteiger partial charge in [0, 0.05) is 24.8 Å². The standard InChI is InChI=1S/C13H22N4/c1-10-8-12(9-14-3)16-13(15-10)17-7-5-4-6-11(17)2/h8,11,14H,4-7,9H2,1-3H3. The Balaban J connectivity index is 2.24. The van der Waals surface area contributed by atoms with E-state index >= 15 is 0 Å². The number of hydrogen-bond donors (Lipinski definition) is 1. The van der Waals surface area contributed by atoms with Crippen LogP contribution in [0.5, 0.6) is 0 Å². The normalized spacial score (nSPS) is 20.6. The monoisotopic (exact) mass is 234 g/mol. The molecule has 1 saturated heterocycles. The minimum atomic E-state index is 0.563. The highest BCUT2D eigenvalue weighted by Crippen LogP contribution is 2.21. The molecule has 0 aliphatic carbocycles. The van der Waals surface area contributed by atoms with Crippen LogP contribution < -0.4 is 10.2 Å². The van der Waals surface area contributed by atoms with Gasteiger partial charge in [0.2, 0.25) is 5.95 Å². The highest BCUT2D eigenvalue weighted by Gasteiger charge is 2.21. The van der Waals surface area contributed by atoms with Gasteiger partial charge in [0.05, 0.1) is 5.69 Å². The number of anilines is 1. The van der Waals surface area contributed by atoms with Crippen LogP contribution in [0.2, 0.25) is 0 Å². The van der Waals surface area contributed by atoms with Crippen molar-refractivity contribution in [3.05, 3.63) is 17.5 Å². The second kappa shape index (κ2) is 5.45. The quantitative estimate of drug-likeness (QED) is 0.867. The first-order valence-electron chi connectivity index (χ1n) is 6.46. The van der Waals surface area contributed by atoms with Crippen LogP contribution in [0.25, 0.3) is 0 Å². The Bertz CT molecular complexity index is 378. The van der Waals surface area contributed by atoms with E-state index in [1.807, 2.05) is 14.0 Å². The zero-order chi connectivity index (χ0) is 12.3.